The van der Waals surface area contributed by atoms with Gasteiger partial charge in [0.15, 0.2) is 11.6 Å². The zero-order valence-corrected chi connectivity index (χ0v) is 18.1. The largest absolute Gasteiger partial charge is 0.347 e. The van der Waals surface area contributed by atoms with Crippen molar-refractivity contribution in [3.05, 3.63) is 52.1 Å². The summed E-state index contributed by atoms with van der Waals surface area (Å²) in [5.41, 5.74) is 1.09. The monoisotopic (exact) mass is 448 g/mol. The summed E-state index contributed by atoms with van der Waals surface area (Å²) in [5, 5.41) is 2.99. The zero-order chi connectivity index (χ0) is 22.3. The van der Waals surface area contributed by atoms with Crippen LogP contribution in [0, 0.1) is 30.9 Å². The number of amides is 2. The molecule has 2 fully saturated rings. The lowest BCUT2D eigenvalue weighted by Gasteiger charge is -2.36. The molecular weight excluding hydrogens is 426 g/mol. The highest BCUT2D eigenvalue weighted by Gasteiger charge is 2.49. The van der Waals surface area contributed by atoms with Crippen LogP contribution in [0.4, 0.5) is 14.5 Å². The summed E-state index contributed by atoms with van der Waals surface area (Å²) >= 11 is 6.08. The number of aryl methyl sites for hydroxylation is 2. The van der Waals surface area contributed by atoms with E-state index in [2.05, 4.69) is 15.3 Å². The van der Waals surface area contributed by atoms with Gasteiger partial charge in [-0.15, -0.1) is 0 Å². The van der Waals surface area contributed by atoms with Crippen LogP contribution in [0.3, 0.4) is 0 Å². The molecule has 2 amide bonds. The summed E-state index contributed by atoms with van der Waals surface area (Å²) in [6.07, 6.45) is 3.09. The third kappa shape index (κ3) is 4.13. The van der Waals surface area contributed by atoms with E-state index < -0.39 is 17.0 Å². The van der Waals surface area contributed by atoms with Gasteiger partial charge in [-0.25, -0.2) is 18.7 Å². The Morgan fingerprint density at radius 2 is 1.71 bits per heavy atom. The number of anilines is 1. The Morgan fingerprint density at radius 1 is 1.10 bits per heavy atom. The number of rotatable bonds is 3. The molecule has 1 aromatic heterocycles. The van der Waals surface area contributed by atoms with Gasteiger partial charge in [0.2, 0.25) is 11.7 Å². The number of carbonyl (C=O) groups excluding carboxylic acids is 2. The van der Waals surface area contributed by atoms with Gasteiger partial charge in [0.05, 0.1) is 16.1 Å². The van der Waals surface area contributed by atoms with Crippen molar-refractivity contribution in [2.24, 2.45) is 5.41 Å². The summed E-state index contributed by atoms with van der Waals surface area (Å²) in [7, 11) is 0. The van der Waals surface area contributed by atoms with Gasteiger partial charge in [-0.1, -0.05) is 11.6 Å². The van der Waals surface area contributed by atoms with Gasteiger partial charge in [-0.3, -0.25) is 9.59 Å². The number of nitrogens with one attached hydrogen (secondary N) is 1. The predicted octanol–water partition coefficient (Wildman–Crippen LogP) is 4.12. The molecule has 1 N–H and O–H groups in total. The fourth-order valence-electron chi connectivity index (χ4n) is 4.63. The van der Waals surface area contributed by atoms with Crippen LogP contribution in [-0.2, 0) is 4.79 Å². The number of nitrogens with zero attached hydrogens (tertiary/aromatic N) is 3. The van der Waals surface area contributed by atoms with E-state index in [-0.39, 0.29) is 34.4 Å². The molecule has 1 aromatic carbocycles. The minimum absolute atomic E-state index is 0.0127. The minimum Gasteiger partial charge on any atom is -0.347 e. The molecule has 1 saturated heterocycles. The summed E-state index contributed by atoms with van der Waals surface area (Å²) < 4.78 is 27.1. The second kappa shape index (κ2) is 8.15. The Kier molecular flexibility index (Phi) is 5.68. The quantitative estimate of drug-likeness (QED) is 0.717. The Labute approximate surface area is 184 Å². The highest BCUT2D eigenvalue weighted by atomic mass is 35.5. The summed E-state index contributed by atoms with van der Waals surface area (Å²) in [6, 6.07) is 3.60. The summed E-state index contributed by atoms with van der Waals surface area (Å²) in [5.74, 6) is -2.37. The lowest BCUT2D eigenvalue weighted by Crippen LogP contribution is -2.44. The van der Waals surface area contributed by atoms with Crippen LogP contribution in [0.15, 0.2) is 18.2 Å². The van der Waals surface area contributed by atoms with Crippen molar-refractivity contribution in [2.45, 2.75) is 52.0 Å². The average molecular weight is 449 g/mol. The Balaban J connectivity index is 1.42. The van der Waals surface area contributed by atoms with Crippen molar-refractivity contribution in [3.8, 4) is 0 Å². The second-order valence-electron chi connectivity index (χ2n) is 8.43. The SMILES string of the molecule is Cc1cc(C)nc(C(=O)NC2CCC3(CC2)CCN(c2cc(F)c(F)cc2Cl)C3=O)n1. The van der Waals surface area contributed by atoms with Gasteiger partial charge < -0.3 is 10.2 Å². The maximum absolute atomic E-state index is 13.7. The Hall–Kier alpha value is -2.61. The molecule has 1 spiro atoms. The molecular formula is C22H23ClF2N4O2. The first-order chi connectivity index (χ1) is 14.7. The van der Waals surface area contributed by atoms with E-state index in [0.717, 1.165) is 23.5 Å². The molecule has 9 heteroatoms. The first kappa shape index (κ1) is 21.6. The van der Waals surface area contributed by atoms with Crippen LogP contribution in [0.25, 0.3) is 0 Å². The molecule has 2 aliphatic rings. The number of halogens is 3. The maximum Gasteiger partial charge on any atom is 0.289 e. The molecule has 164 valence electrons. The molecule has 1 saturated carbocycles. The molecule has 4 rings (SSSR count). The van der Waals surface area contributed by atoms with Crippen LogP contribution in [0.1, 0.15) is 54.1 Å². The molecule has 0 radical (unpaired) electrons. The summed E-state index contributed by atoms with van der Waals surface area (Å²) in [4.78, 5) is 35.6. The van der Waals surface area contributed by atoms with E-state index >= 15 is 0 Å². The molecule has 2 heterocycles. The predicted molar refractivity (Wildman–Crippen MR) is 112 cm³/mol. The molecule has 6 nitrogen and oxygen atoms in total. The Bertz CT molecular complexity index is 1030. The van der Waals surface area contributed by atoms with Gasteiger partial charge in [0, 0.05) is 30.0 Å². The molecule has 0 bridgehead atoms. The fraction of sp³-hybridized carbons (Fsp3) is 0.455. The average Bonchev–Trinajstić information content (AvgIpc) is 3.02. The number of benzene rings is 1. The number of carbonyl (C=O) groups is 2. The lowest BCUT2D eigenvalue weighted by atomic mass is 9.71. The van der Waals surface area contributed by atoms with Gasteiger partial charge >= 0.3 is 0 Å². The zero-order valence-electron chi connectivity index (χ0n) is 17.3. The number of hydrogen-bond acceptors (Lipinski definition) is 4. The molecule has 2 aromatic rings. The van der Waals surface area contributed by atoms with Crippen molar-refractivity contribution in [1.29, 1.82) is 0 Å². The maximum atomic E-state index is 13.7. The van der Waals surface area contributed by atoms with Gasteiger partial charge in [-0.2, -0.15) is 0 Å². The van der Waals surface area contributed by atoms with Gasteiger partial charge in [0.25, 0.3) is 5.91 Å². The van der Waals surface area contributed by atoms with E-state index in [1.807, 2.05) is 13.8 Å². The smallest absolute Gasteiger partial charge is 0.289 e. The lowest BCUT2D eigenvalue weighted by molar-refractivity contribution is -0.127. The molecule has 0 atom stereocenters. The standard InChI is InChI=1S/C22H23ClF2N4O2/c1-12-9-13(2)27-19(26-12)20(30)28-14-3-5-22(6-4-14)7-8-29(21(22)31)18-11-17(25)16(24)10-15(18)23/h9-11,14H,3-8H2,1-2H3,(H,28,30). The van der Waals surface area contributed by atoms with E-state index in [9.17, 15) is 18.4 Å². The van der Waals surface area contributed by atoms with Gasteiger partial charge in [0.1, 0.15) is 0 Å². The second-order valence-corrected chi connectivity index (χ2v) is 8.83. The van der Waals surface area contributed by atoms with Gasteiger partial charge in [-0.05, 0) is 58.1 Å². The van der Waals surface area contributed by atoms with E-state index in [0.29, 0.717) is 38.6 Å². The third-order valence-electron chi connectivity index (χ3n) is 6.26. The molecule has 0 unspecified atom stereocenters. The topological polar surface area (TPSA) is 75.2 Å². The summed E-state index contributed by atoms with van der Waals surface area (Å²) in [6.45, 7) is 4.02. The molecule has 1 aliphatic carbocycles. The Morgan fingerprint density at radius 3 is 2.35 bits per heavy atom. The van der Waals surface area contributed by atoms with Crippen LogP contribution in [0.5, 0.6) is 0 Å². The van der Waals surface area contributed by atoms with Crippen molar-refractivity contribution in [1.82, 2.24) is 15.3 Å². The van der Waals surface area contributed by atoms with Crippen LogP contribution >= 0.6 is 11.6 Å². The van der Waals surface area contributed by atoms with Crippen molar-refractivity contribution in [3.63, 3.8) is 0 Å². The highest BCUT2D eigenvalue weighted by molar-refractivity contribution is 6.34. The van der Waals surface area contributed by atoms with E-state index in [1.54, 1.807) is 6.07 Å². The van der Waals surface area contributed by atoms with Crippen LogP contribution in [-0.4, -0.2) is 34.4 Å². The molecule has 31 heavy (non-hydrogen) atoms. The molecule has 1 aliphatic heterocycles. The van der Waals surface area contributed by atoms with E-state index in [1.165, 1.54) is 4.90 Å². The number of hydrogen-bond donors (Lipinski definition) is 1. The minimum atomic E-state index is -1.04. The van der Waals surface area contributed by atoms with Crippen LogP contribution in [0.2, 0.25) is 5.02 Å². The third-order valence-corrected chi connectivity index (χ3v) is 6.56. The fourth-order valence-corrected chi connectivity index (χ4v) is 4.88. The first-order valence-corrected chi connectivity index (χ1v) is 10.7. The number of aromatic nitrogens is 2. The first-order valence-electron chi connectivity index (χ1n) is 10.3. The van der Waals surface area contributed by atoms with Crippen molar-refractivity contribution >= 4 is 29.1 Å². The van der Waals surface area contributed by atoms with Crippen molar-refractivity contribution < 1.29 is 18.4 Å². The van der Waals surface area contributed by atoms with Crippen LogP contribution < -0.4 is 10.2 Å². The normalized spacial score (nSPS) is 23.5. The van der Waals surface area contributed by atoms with Crippen molar-refractivity contribution in [2.75, 3.05) is 11.4 Å². The highest BCUT2D eigenvalue weighted by Crippen LogP contribution is 2.47. The van der Waals surface area contributed by atoms with E-state index in [4.69, 9.17) is 11.6 Å².